The van der Waals surface area contributed by atoms with Crippen LogP contribution in [0.15, 0.2) is 53.8 Å². The molecule has 0 heterocycles. The van der Waals surface area contributed by atoms with E-state index < -0.39 is 29.4 Å². The van der Waals surface area contributed by atoms with Gasteiger partial charge in [-0.15, -0.1) is 0 Å². The van der Waals surface area contributed by atoms with Gasteiger partial charge in [0.15, 0.2) is 6.61 Å². The number of ketones is 2. The predicted molar refractivity (Wildman–Crippen MR) is 133 cm³/mol. The van der Waals surface area contributed by atoms with Crippen molar-refractivity contribution in [3.63, 3.8) is 0 Å². The minimum atomic E-state index is -1.65. The van der Waals surface area contributed by atoms with E-state index in [0.717, 1.165) is 30.6 Å². The third-order valence-electron chi connectivity index (χ3n) is 9.71. The van der Waals surface area contributed by atoms with E-state index >= 15 is 0 Å². The molecule has 0 saturated heterocycles. The number of carbonyl (C=O) groups is 3. The fraction of sp³-hybridized carbons (Fsp3) is 0.567. The molecule has 0 radical (unpaired) electrons. The van der Waals surface area contributed by atoms with Crippen LogP contribution < -0.4 is 0 Å². The molecular weight excluding hydrogens is 456 g/mol. The van der Waals surface area contributed by atoms with E-state index in [9.17, 15) is 19.5 Å². The molecule has 192 valence electrons. The largest absolute Gasteiger partial charge is 0.493 e. The molecule has 0 bridgehead atoms. The van der Waals surface area contributed by atoms with Crippen molar-refractivity contribution < 1.29 is 29.0 Å². The average molecular weight is 493 g/mol. The molecule has 6 nitrogen and oxygen atoms in total. The number of hydrogen-bond acceptors (Lipinski definition) is 6. The number of Topliss-reactive ketones (excluding diaryl/α,β-unsaturated/α-hetero) is 2. The number of fused-ring (bicyclic) bond motifs is 5. The second-order valence-electron chi connectivity index (χ2n) is 11.6. The lowest BCUT2D eigenvalue weighted by molar-refractivity contribution is -0.172. The van der Waals surface area contributed by atoms with Gasteiger partial charge in [-0.2, -0.15) is 0 Å². The Morgan fingerprint density at radius 3 is 2.61 bits per heavy atom. The fourth-order valence-corrected chi connectivity index (χ4v) is 7.75. The lowest BCUT2D eigenvalue weighted by Gasteiger charge is -2.56. The topological polar surface area (TPSA) is 89.9 Å². The molecule has 0 aliphatic heterocycles. The van der Waals surface area contributed by atoms with E-state index in [1.807, 2.05) is 25.1 Å². The van der Waals surface area contributed by atoms with Gasteiger partial charge in [-0.25, -0.2) is 0 Å². The Morgan fingerprint density at radius 2 is 1.89 bits per heavy atom. The van der Waals surface area contributed by atoms with Crippen LogP contribution in [0.4, 0.5) is 0 Å². The second-order valence-corrected chi connectivity index (χ2v) is 11.6. The Bertz CT molecular complexity index is 1140. The zero-order valence-corrected chi connectivity index (χ0v) is 21.4. The lowest BCUT2D eigenvalue weighted by Crippen LogP contribution is -2.60. The van der Waals surface area contributed by atoms with Crippen LogP contribution in [0.25, 0.3) is 0 Å². The summed E-state index contributed by atoms with van der Waals surface area (Å²) < 4.78 is 11.1. The predicted octanol–water partition coefficient (Wildman–Crippen LogP) is 4.70. The van der Waals surface area contributed by atoms with E-state index in [0.29, 0.717) is 19.4 Å². The summed E-state index contributed by atoms with van der Waals surface area (Å²) >= 11 is 0. The first-order valence-corrected chi connectivity index (χ1v) is 13.1. The Balaban J connectivity index is 1.38. The highest BCUT2D eigenvalue weighted by Crippen LogP contribution is 2.66. The van der Waals surface area contributed by atoms with Crippen LogP contribution in [-0.2, 0) is 30.5 Å². The van der Waals surface area contributed by atoms with Gasteiger partial charge in [0.1, 0.15) is 18.0 Å². The summed E-state index contributed by atoms with van der Waals surface area (Å²) in [4.78, 5) is 38.1. The molecule has 6 atom stereocenters. The molecule has 1 N–H and O–H groups in total. The fourth-order valence-electron chi connectivity index (χ4n) is 7.75. The van der Waals surface area contributed by atoms with Crippen molar-refractivity contribution in [3.8, 4) is 0 Å². The minimum absolute atomic E-state index is 0.0563. The van der Waals surface area contributed by atoms with Gasteiger partial charge in [0, 0.05) is 36.5 Å². The van der Waals surface area contributed by atoms with E-state index in [-0.39, 0.29) is 35.4 Å². The molecule has 4 aliphatic carbocycles. The number of esters is 1. The molecule has 0 aromatic heterocycles. The normalized spacial score (nSPS) is 37.1. The Kier molecular flexibility index (Phi) is 6.22. The third kappa shape index (κ3) is 3.85. The zero-order chi connectivity index (χ0) is 25.7. The van der Waals surface area contributed by atoms with Crippen LogP contribution >= 0.6 is 0 Å². The number of ether oxygens (including phenoxy) is 2. The number of hydrogen-bond donors (Lipinski definition) is 1. The first-order chi connectivity index (χ1) is 17.1. The molecule has 5 rings (SSSR count). The molecule has 36 heavy (non-hydrogen) atoms. The van der Waals surface area contributed by atoms with Crippen molar-refractivity contribution in [2.45, 2.75) is 71.5 Å². The molecule has 6 heteroatoms. The summed E-state index contributed by atoms with van der Waals surface area (Å²) in [6, 6.07) is 10.1. The summed E-state index contributed by atoms with van der Waals surface area (Å²) in [5, 5.41) is 11.6. The Labute approximate surface area is 212 Å². The Hall–Kier alpha value is -2.73. The van der Waals surface area contributed by atoms with Crippen molar-refractivity contribution in [1.82, 2.24) is 0 Å². The molecule has 0 amide bonds. The van der Waals surface area contributed by atoms with Crippen LogP contribution in [0.1, 0.15) is 64.9 Å². The van der Waals surface area contributed by atoms with Gasteiger partial charge in [0.05, 0.1) is 5.76 Å². The van der Waals surface area contributed by atoms with Crippen LogP contribution in [0, 0.1) is 28.6 Å². The maximum atomic E-state index is 13.8. The monoisotopic (exact) mass is 492 g/mol. The smallest absolute Gasteiger partial charge is 0.303 e. The van der Waals surface area contributed by atoms with Crippen LogP contribution in [0.5, 0.6) is 0 Å². The molecule has 1 aromatic rings. The molecule has 0 spiro atoms. The number of benzene rings is 1. The summed E-state index contributed by atoms with van der Waals surface area (Å²) in [7, 11) is 0. The van der Waals surface area contributed by atoms with Gasteiger partial charge in [-0.05, 0) is 54.7 Å². The van der Waals surface area contributed by atoms with Crippen LogP contribution in [-0.4, -0.2) is 34.9 Å². The molecule has 2 saturated carbocycles. The SMILES string of the molecule is CC(=O)OCC(=O)[C@]1(O)CC[C@H]2[C@@H]3CC=C4C=C(OCc5ccccc5)CC[C@]4(C)[C@H]3C(=O)C[C@@]21C. The third-order valence-corrected chi connectivity index (χ3v) is 9.71. The van der Waals surface area contributed by atoms with E-state index in [2.05, 4.69) is 31.2 Å². The average Bonchev–Trinajstić information content (AvgIpc) is 3.12. The van der Waals surface area contributed by atoms with Gasteiger partial charge >= 0.3 is 5.97 Å². The molecular formula is C30H36O6. The van der Waals surface area contributed by atoms with Gasteiger partial charge in [-0.1, -0.05) is 50.3 Å². The van der Waals surface area contributed by atoms with Crippen molar-refractivity contribution >= 4 is 17.5 Å². The van der Waals surface area contributed by atoms with E-state index in [1.165, 1.54) is 12.5 Å². The van der Waals surface area contributed by atoms with Crippen LogP contribution in [0.3, 0.4) is 0 Å². The van der Waals surface area contributed by atoms with Gasteiger partial charge < -0.3 is 14.6 Å². The van der Waals surface area contributed by atoms with Gasteiger partial charge in [0.2, 0.25) is 5.78 Å². The lowest BCUT2D eigenvalue weighted by atomic mass is 9.47. The molecule has 0 unspecified atom stereocenters. The van der Waals surface area contributed by atoms with Crippen molar-refractivity contribution in [2.24, 2.45) is 28.6 Å². The first kappa shape index (κ1) is 24.9. The van der Waals surface area contributed by atoms with E-state index in [4.69, 9.17) is 9.47 Å². The summed E-state index contributed by atoms with van der Waals surface area (Å²) in [5.74, 6) is 0.0553. The quantitative estimate of drug-likeness (QED) is 0.579. The number of carbonyl (C=O) groups excluding carboxylic acids is 3. The van der Waals surface area contributed by atoms with Crippen molar-refractivity contribution in [2.75, 3.05) is 6.61 Å². The zero-order valence-electron chi connectivity index (χ0n) is 21.4. The standard InChI is InChI=1S/C30H36O6/c1-19(31)35-18-26(33)30(34)14-12-24-23-10-9-21-15-22(36-17-20-7-5-4-6-8-20)11-13-28(21,2)27(23)25(32)16-29(24,30)3/h4-9,15,23-24,27,34H,10-14,16-18H2,1-3H3/t23-,24-,27+,28-,29-,30+/m0/s1. The van der Waals surface area contributed by atoms with Gasteiger partial charge in [-0.3, -0.25) is 14.4 Å². The van der Waals surface area contributed by atoms with Crippen LogP contribution in [0.2, 0.25) is 0 Å². The van der Waals surface area contributed by atoms with Crippen molar-refractivity contribution in [3.05, 3.63) is 59.4 Å². The molecule has 1 aromatic carbocycles. The number of aliphatic hydroxyl groups is 1. The second kappa shape index (κ2) is 8.98. The summed E-state index contributed by atoms with van der Waals surface area (Å²) in [6.07, 6.45) is 7.92. The number of rotatable bonds is 6. The maximum Gasteiger partial charge on any atom is 0.303 e. The highest BCUT2D eigenvalue weighted by Gasteiger charge is 2.68. The highest BCUT2D eigenvalue weighted by molar-refractivity contribution is 5.93. The summed E-state index contributed by atoms with van der Waals surface area (Å²) in [6.45, 7) is 5.42. The van der Waals surface area contributed by atoms with Crippen molar-refractivity contribution in [1.29, 1.82) is 0 Å². The first-order valence-electron chi connectivity index (χ1n) is 13.1. The maximum absolute atomic E-state index is 13.8. The Morgan fingerprint density at radius 1 is 1.14 bits per heavy atom. The summed E-state index contributed by atoms with van der Waals surface area (Å²) in [5.41, 5.74) is -0.469. The number of allylic oxidation sites excluding steroid dienone is 4. The molecule has 4 aliphatic rings. The minimum Gasteiger partial charge on any atom is -0.493 e. The molecule has 2 fully saturated rings. The van der Waals surface area contributed by atoms with Gasteiger partial charge in [0.25, 0.3) is 0 Å². The highest BCUT2D eigenvalue weighted by atomic mass is 16.5. The van der Waals surface area contributed by atoms with E-state index in [1.54, 1.807) is 0 Å².